The second-order valence-electron chi connectivity index (χ2n) is 8.15. The molecule has 1 N–H and O–H groups in total. The Morgan fingerprint density at radius 2 is 1.94 bits per heavy atom. The molecule has 3 aromatic rings. The summed E-state index contributed by atoms with van der Waals surface area (Å²) >= 11 is 0. The van der Waals surface area contributed by atoms with Crippen molar-refractivity contribution in [2.75, 3.05) is 23.3 Å². The Labute approximate surface area is 181 Å². The largest absolute Gasteiger partial charge is 0.469 e. The number of furan rings is 1. The van der Waals surface area contributed by atoms with Crippen LogP contribution in [0, 0.1) is 6.92 Å². The van der Waals surface area contributed by atoms with Gasteiger partial charge in [-0.15, -0.1) is 0 Å². The van der Waals surface area contributed by atoms with Crippen LogP contribution >= 0.6 is 0 Å². The van der Waals surface area contributed by atoms with Gasteiger partial charge >= 0.3 is 0 Å². The number of benzene rings is 1. The summed E-state index contributed by atoms with van der Waals surface area (Å²) in [6, 6.07) is 12.0. The van der Waals surface area contributed by atoms with Crippen LogP contribution in [0.4, 0.5) is 11.6 Å². The van der Waals surface area contributed by atoms with Crippen LogP contribution in [0.3, 0.4) is 0 Å². The highest BCUT2D eigenvalue weighted by atomic mass is 16.3. The standard InChI is InChI=1S/C24H27N5O2/c1-4-28(5-2)18-10-8-16(9-11-18)23-22-19(26-24-25-15(3)27-29(23)24)13-17(14-20(22)30)21-7-6-12-31-21/h6-12,17,23H,4-5,13-14H2,1-3H3,(H,25,26,27)/t17-,23+/m1/s1. The van der Waals surface area contributed by atoms with E-state index in [1.54, 1.807) is 6.26 Å². The molecule has 0 radical (unpaired) electrons. The minimum atomic E-state index is -0.275. The van der Waals surface area contributed by atoms with Crippen molar-refractivity contribution in [2.45, 2.75) is 45.6 Å². The van der Waals surface area contributed by atoms with Crippen LogP contribution in [-0.2, 0) is 4.79 Å². The fraction of sp³-hybridized carbons (Fsp3) is 0.375. The Hall–Kier alpha value is -3.35. The van der Waals surface area contributed by atoms with Crippen molar-refractivity contribution in [2.24, 2.45) is 0 Å². The lowest BCUT2D eigenvalue weighted by atomic mass is 9.79. The predicted molar refractivity (Wildman–Crippen MR) is 119 cm³/mol. The Bertz CT molecular complexity index is 1120. The number of aromatic nitrogens is 3. The van der Waals surface area contributed by atoms with Crippen LogP contribution in [0.5, 0.6) is 0 Å². The number of aryl methyl sites for hydroxylation is 1. The molecule has 2 atom stereocenters. The zero-order valence-electron chi connectivity index (χ0n) is 18.1. The highest BCUT2D eigenvalue weighted by molar-refractivity contribution is 6.00. The number of hydrogen-bond acceptors (Lipinski definition) is 6. The van der Waals surface area contributed by atoms with E-state index in [1.807, 2.05) is 23.7 Å². The summed E-state index contributed by atoms with van der Waals surface area (Å²) in [5, 5.41) is 8.01. The van der Waals surface area contributed by atoms with Gasteiger partial charge in [0.2, 0.25) is 5.95 Å². The summed E-state index contributed by atoms with van der Waals surface area (Å²) in [4.78, 5) is 20.3. The number of anilines is 2. The molecule has 0 amide bonds. The topological polar surface area (TPSA) is 76.2 Å². The molecule has 2 aliphatic rings. The average Bonchev–Trinajstić information content (AvgIpc) is 3.43. The van der Waals surface area contributed by atoms with Gasteiger partial charge in [0.15, 0.2) is 5.78 Å². The fourth-order valence-electron chi connectivity index (χ4n) is 4.81. The molecule has 7 heteroatoms. The van der Waals surface area contributed by atoms with Crippen LogP contribution < -0.4 is 10.2 Å². The normalized spacial score (nSPS) is 20.3. The molecule has 3 heterocycles. The maximum atomic E-state index is 13.4. The fourth-order valence-corrected chi connectivity index (χ4v) is 4.81. The molecule has 2 aromatic heterocycles. The molecule has 0 spiro atoms. The minimum Gasteiger partial charge on any atom is -0.469 e. The minimum absolute atomic E-state index is 0.0370. The van der Waals surface area contributed by atoms with Crippen molar-refractivity contribution in [3.05, 3.63) is 71.1 Å². The number of carbonyl (C=O) groups is 1. The monoisotopic (exact) mass is 417 g/mol. The number of nitrogens with zero attached hydrogens (tertiary/aromatic N) is 4. The molecule has 1 aliphatic heterocycles. The number of rotatable bonds is 5. The number of allylic oxidation sites excluding steroid dienone is 2. The van der Waals surface area contributed by atoms with Gasteiger partial charge in [-0.05, 0) is 57.0 Å². The van der Waals surface area contributed by atoms with Gasteiger partial charge in [-0.3, -0.25) is 4.79 Å². The molecule has 0 unspecified atom stereocenters. The van der Waals surface area contributed by atoms with Crippen molar-refractivity contribution in [3.63, 3.8) is 0 Å². The average molecular weight is 418 g/mol. The molecule has 0 fully saturated rings. The zero-order valence-corrected chi connectivity index (χ0v) is 18.1. The maximum absolute atomic E-state index is 13.4. The number of hydrogen-bond donors (Lipinski definition) is 1. The van der Waals surface area contributed by atoms with Crippen molar-refractivity contribution in [1.29, 1.82) is 0 Å². The lowest BCUT2D eigenvalue weighted by Gasteiger charge is -2.34. The summed E-state index contributed by atoms with van der Waals surface area (Å²) in [6.45, 7) is 8.10. The lowest BCUT2D eigenvalue weighted by molar-refractivity contribution is -0.117. The summed E-state index contributed by atoms with van der Waals surface area (Å²) in [7, 11) is 0. The van der Waals surface area contributed by atoms with Crippen LogP contribution in [0.15, 0.2) is 58.3 Å². The molecule has 0 saturated carbocycles. The van der Waals surface area contributed by atoms with Crippen molar-refractivity contribution >= 4 is 17.4 Å². The first kappa shape index (κ1) is 19.6. The molecule has 0 bridgehead atoms. The summed E-state index contributed by atoms with van der Waals surface area (Å²) in [5.74, 6) is 2.39. The number of Topliss-reactive ketones (excluding diaryl/α,β-unsaturated/α-hetero) is 1. The number of fused-ring (bicyclic) bond motifs is 1. The number of carbonyl (C=O) groups excluding carboxylic acids is 1. The molecular weight excluding hydrogens is 390 g/mol. The third kappa shape index (κ3) is 3.34. The van der Waals surface area contributed by atoms with Crippen LogP contribution in [0.25, 0.3) is 0 Å². The van der Waals surface area contributed by atoms with Crippen LogP contribution in [0.1, 0.15) is 55.8 Å². The Morgan fingerprint density at radius 1 is 1.16 bits per heavy atom. The summed E-state index contributed by atoms with van der Waals surface area (Å²) in [6.07, 6.45) is 2.82. The Kier molecular flexibility index (Phi) is 4.88. The Balaban J connectivity index is 1.57. The first-order valence-electron chi connectivity index (χ1n) is 10.9. The molecular formula is C24H27N5O2. The lowest BCUT2D eigenvalue weighted by Crippen LogP contribution is -2.33. The van der Waals surface area contributed by atoms with Crippen molar-refractivity contribution < 1.29 is 9.21 Å². The second-order valence-corrected chi connectivity index (χ2v) is 8.15. The second kappa shape index (κ2) is 7.72. The molecule has 7 nitrogen and oxygen atoms in total. The maximum Gasteiger partial charge on any atom is 0.226 e. The number of ketones is 1. The van der Waals surface area contributed by atoms with Crippen molar-refractivity contribution in [3.8, 4) is 0 Å². The molecule has 5 rings (SSSR count). The molecule has 31 heavy (non-hydrogen) atoms. The van der Waals surface area contributed by atoms with E-state index in [9.17, 15) is 4.79 Å². The quantitative estimate of drug-likeness (QED) is 0.661. The van der Waals surface area contributed by atoms with E-state index >= 15 is 0 Å². The number of nitrogens with one attached hydrogen (secondary N) is 1. The molecule has 1 aromatic carbocycles. The van der Waals surface area contributed by atoms with Crippen molar-refractivity contribution in [1.82, 2.24) is 14.8 Å². The summed E-state index contributed by atoms with van der Waals surface area (Å²) in [5.41, 5.74) is 3.94. The SMILES string of the molecule is CCN(CC)c1ccc([C@H]2C3=C(C[C@@H](c4ccco4)CC3=O)Nc3nc(C)nn32)cc1. The van der Waals surface area contributed by atoms with Crippen LogP contribution in [-0.4, -0.2) is 33.6 Å². The van der Waals surface area contributed by atoms with Gasteiger partial charge in [0.05, 0.1) is 6.26 Å². The van der Waals surface area contributed by atoms with Gasteiger partial charge in [0.1, 0.15) is 17.6 Å². The van der Waals surface area contributed by atoms with Gasteiger partial charge in [-0.2, -0.15) is 10.1 Å². The van der Waals surface area contributed by atoms with Gasteiger partial charge in [0.25, 0.3) is 0 Å². The van der Waals surface area contributed by atoms with E-state index < -0.39 is 0 Å². The molecule has 0 saturated heterocycles. The highest BCUT2D eigenvalue weighted by Crippen LogP contribution is 2.44. The predicted octanol–water partition coefficient (Wildman–Crippen LogP) is 4.44. The smallest absolute Gasteiger partial charge is 0.226 e. The third-order valence-corrected chi connectivity index (χ3v) is 6.31. The first-order valence-corrected chi connectivity index (χ1v) is 10.9. The third-order valence-electron chi connectivity index (χ3n) is 6.31. The molecule has 160 valence electrons. The van der Waals surface area contributed by atoms with Gasteiger partial charge in [-0.1, -0.05) is 12.1 Å². The zero-order chi connectivity index (χ0) is 21.5. The first-order chi connectivity index (χ1) is 15.1. The summed E-state index contributed by atoms with van der Waals surface area (Å²) < 4.78 is 7.46. The van der Waals surface area contributed by atoms with E-state index in [0.29, 0.717) is 24.6 Å². The van der Waals surface area contributed by atoms with E-state index in [4.69, 9.17) is 4.42 Å². The van der Waals surface area contributed by atoms with Crippen LogP contribution in [0.2, 0.25) is 0 Å². The van der Waals surface area contributed by atoms with E-state index in [0.717, 1.165) is 35.7 Å². The Morgan fingerprint density at radius 3 is 2.61 bits per heavy atom. The van der Waals surface area contributed by atoms with E-state index in [2.05, 4.69) is 58.4 Å². The van der Waals surface area contributed by atoms with E-state index in [1.165, 1.54) is 5.69 Å². The van der Waals surface area contributed by atoms with Gasteiger partial charge in [0, 0.05) is 42.4 Å². The highest BCUT2D eigenvalue weighted by Gasteiger charge is 2.40. The van der Waals surface area contributed by atoms with Gasteiger partial charge < -0.3 is 14.6 Å². The van der Waals surface area contributed by atoms with Gasteiger partial charge in [-0.25, -0.2) is 4.68 Å². The van der Waals surface area contributed by atoms with E-state index in [-0.39, 0.29) is 17.7 Å². The molecule has 1 aliphatic carbocycles.